The number of likely N-dealkylation sites (N-methyl/N-ethyl adjacent to an activating group) is 1. The molecule has 0 spiro atoms. The fraction of sp³-hybridized carbons (Fsp3) is 0.909. The zero-order valence-corrected chi connectivity index (χ0v) is 9.45. The Kier molecular flexibility index (Phi) is 4.39. The molecule has 0 heterocycles. The van der Waals surface area contributed by atoms with Gasteiger partial charge in [0.05, 0.1) is 7.11 Å². The van der Waals surface area contributed by atoms with Crippen LogP contribution in [0.2, 0.25) is 0 Å². The van der Waals surface area contributed by atoms with Gasteiger partial charge in [-0.25, -0.2) is 0 Å². The van der Waals surface area contributed by atoms with Gasteiger partial charge in [0.2, 0.25) is 0 Å². The summed E-state index contributed by atoms with van der Waals surface area (Å²) < 4.78 is 4.77. The van der Waals surface area contributed by atoms with Crippen molar-refractivity contribution in [3.63, 3.8) is 0 Å². The normalized spacial score (nSPS) is 20.0. The molecule has 0 aromatic heterocycles. The molecule has 0 aromatic carbocycles. The molecule has 1 unspecified atom stereocenters. The van der Waals surface area contributed by atoms with Crippen molar-refractivity contribution in [2.45, 2.75) is 51.6 Å². The highest BCUT2D eigenvalue weighted by atomic mass is 16.5. The van der Waals surface area contributed by atoms with E-state index in [4.69, 9.17) is 4.74 Å². The second-order valence-corrected chi connectivity index (χ2v) is 3.97. The fourth-order valence-electron chi connectivity index (χ4n) is 2.39. The molecule has 0 radical (unpaired) electrons. The topological polar surface area (TPSA) is 29.5 Å². The van der Waals surface area contributed by atoms with Crippen LogP contribution in [0.25, 0.3) is 0 Å². The number of hydrogen-bond donors (Lipinski definition) is 0. The van der Waals surface area contributed by atoms with Crippen LogP contribution in [0.4, 0.5) is 0 Å². The van der Waals surface area contributed by atoms with E-state index in [1.807, 2.05) is 6.92 Å². The largest absolute Gasteiger partial charge is 0.468 e. The number of hydrogen-bond acceptors (Lipinski definition) is 3. The first kappa shape index (κ1) is 11.5. The van der Waals surface area contributed by atoms with Gasteiger partial charge in [-0.15, -0.1) is 0 Å². The lowest BCUT2D eigenvalue weighted by Crippen LogP contribution is -2.45. The maximum absolute atomic E-state index is 11.4. The molecule has 3 heteroatoms. The number of carbonyl (C=O) groups is 1. The van der Waals surface area contributed by atoms with Gasteiger partial charge in [0.15, 0.2) is 0 Å². The van der Waals surface area contributed by atoms with E-state index in [0.29, 0.717) is 6.04 Å². The van der Waals surface area contributed by atoms with Crippen molar-refractivity contribution in [1.29, 1.82) is 0 Å². The molecule has 0 saturated heterocycles. The van der Waals surface area contributed by atoms with Gasteiger partial charge in [-0.3, -0.25) is 9.69 Å². The summed E-state index contributed by atoms with van der Waals surface area (Å²) in [6.07, 6.45) is 5.06. The van der Waals surface area contributed by atoms with Crippen LogP contribution >= 0.6 is 0 Å². The van der Waals surface area contributed by atoms with Crippen molar-refractivity contribution in [1.82, 2.24) is 4.90 Å². The lowest BCUT2D eigenvalue weighted by Gasteiger charge is -2.31. The summed E-state index contributed by atoms with van der Waals surface area (Å²) in [6.45, 7) is 4.98. The zero-order chi connectivity index (χ0) is 10.6. The Hall–Kier alpha value is -0.570. The molecule has 14 heavy (non-hydrogen) atoms. The minimum atomic E-state index is -0.112. The van der Waals surface area contributed by atoms with Crippen LogP contribution in [0.5, 0.6) is 0 Å². The molecule has 1 rings (SSSR count). The Labute approximate surface area is 86.4 Å². The van der Waals surface area contributed by atoms with E-state index in [1.54, 1.807) is 0 Å². The summed E-state index contributed by atoms with van der Waals surface area (Å²) in [4.78, 5) is 13.7. The van der Waals surface area contributed by atoms with E-state index in [1.165, 1.54) is 32.8 Å². The van der Waals surface area contributed by atoms with Crippen LogP contribution in [0, 0.1) is 0 Å². The van der Waals surface area contributed by atoms with Gasteiger partial charge in [-0.05, 0) is 26.3 Å². The average molecular weight is 199 g/mol. The summed E-state index contributed by atoms with van der Waals surface area (Å²) in [6, 6.07) is 0.502. The second-order valence-electron chi connectivity index (χ2n) is 3.97. The zero-order valence-electron chi connectivity index (χ0n) is 9.45. The van der Waals surface area contributed by atoms with Crippen LogP contribution in [0.3, 0.4) is 0 Å². The lowest BCUT2D eigenvalue weighted by atomic mass is 10.1. The number of nitrogens with zero attached hydrogens (tertiary/aromatic N) is 1. The van der Waals surface area contributed by atoms with E-state index in [9.17, 15) is 4.79 Å². The number of ether oxygens (including phenoxy) is 1. The molecule has 0 N–H and O–H groups in total. The number of carbonyl (C=O) groups excluding carboxylic acids is 1. The molecule has 1 atom stereocenters. The van der Waals surface area contributed by atoms with Crippen molar-refractivity contribution < 1.29 is 9.53 Å². The SMILES string of the molecule is CCN(C1CCCC1)C(C)C(=O)OC. The smallest absolute Gasteiger partial charge is 0.322 e. The molecular weight excluding hydrogens is 178 g/mol. The third-order valence-electron chi connectivity index (χ3n) is 3.20. The summed E-state index contributed by atoms with van der Waals surface area (Å²) in [7, 11) is 1.46. The van der Waals surface area contributed by atoms with Gasteiger partial charge in [-0.1, -0.05) is 19.8 Å². The first-order chi connectivity index (χ1) is 6.70. The minimum absolute atomic E-state index is 0.0897. The molecule has 1 aliphatic carbocycles. The summed E-state index contributed by atoms with van der Waals surface area (Å²) in [5.41, 5.74) is 0. The summed E-state index contributed by atoms with van der Waals surface area (Å²) in [5, 5.41) is 0. The van der Waals surface area contributed by atoms with Gasteiger partial charge in [0.1, 0.15) is 6.04 Å². The molecular formula is C11H21NO2. The Morgan fingerprint density at radius 3 is 2.50 bits per heavy atom. The van der Waals surface area contributed by atoms with Gasteiger partial charge in [0.25, 0.3) is 0 Å². The molecule has 0 amide bonds. The van der Waals surface area contributed by atoms with Crippen molar-refractivity contribution in [2.24, 2.45) is 0 Å². The Bertz CT molecular complexity index is 188. The average Bonchev–Trinajstić information content (AvgIpc) is 2.71. The van der Waals surface area contributed by atoms with E-state index in [2.05, 4.69) is 11.8 Å². The Morgan fingerprint density at radius 2 is 2.07 bits per heavy atom. The van der Waals surface area contributed by atoms with Gasteiger partial charge in [0, 0.05) is 6.04 Å². The van der Waals surface area contributed by atoms with Crippen LogP contribution in [-0.4, -0.2) is 36.6 Å². The quantitative estimate of drug-likeness (QED) is 0.647. The molecule has 3 nitrogen and oxygen atoms in total. The predicted molar refractivity (Wildman–Crippen MR) is 56.1 cm³/mol. The van der Waals surface area contributed by atoms with Crippen molar-refractivity contribution in [3.8, 4) is 0 Å². The first-order valence-electron chi connectivity index (χ1n) is 5.54. The van der Waals surface area contributed by atoms with E-state index in [-0.39, 0.29) is 12.0 Å². The highest BCUT2D eigenvalue weighted by Gasteiger charge is 2.29. The van der Waals surface area contributed by atoms with Crippen LogP contribution < -0.4 is 0 Å². The second kappa shape index (κ2) is 5.35. The van der Waals surface area contributed by atoms with Crippen molar-refractivity contribution in [3.05, 3.63) is 0 Å². The summed E-state index contributed by atoms with van der Waals surface area (Å²) in [5.74, 6) is -0.112. The summed E-state index contributed by atoms with van der Waals surface area (Å²) >= 11 is 0. The van der Waals surface area contributed by atoms with Crippen molar-refractivity contribution >= 4 is 5.97 Å². The number of methoxy groups -OCH3 is 1. The van der Waals surface area contributed by atoms with Crippen molar-refractivity contribution in [2.75, 3.05) is 13.7 Å². The third kappa shape index (κ3) is 2.47. The molecule has 0 aromatic rings. The van der Waals surface area contributed by atoms with Crippen LogP contribution in [-0.2, 0) is 9.53 Å². The molecule has 1 fully saturated rings. The standard InChI is InChI=1S/C11H21NO2/c1-4-12(9(2)11(13)14-3)10-7-5-6-8-10/h9-10H,4-8H2,1-3H3. The van der Waals surface area contributed by atoms with Gasteiger partial charge in [-0.2, -0.15) is 0 Å². The monoisotopic (exact) mass is 199 g/mol. The lowest BCUT2D eigenvalue weighted by molar-refractivity contribution is -0.147. The molecule has 1 saturated carbocycles. The van der Waals surface area contributed by atoms with Crippen LogP contribution in [0.1, 0.15) is 39.5 Å². The number of esters is 1. The van der Waals surface area contributed by atoms with E-state index >= 15 is 0 Å². The molecule has 0 bridgehead atoms. The van der Waals surface area contributed by atoms with Crippen LogP contribution in [0.15, 0.2) is 0 Å². The highest BCUT2D eigenvalue weighted by molar-refractivity contribution is 5.75. The molecule has 1 aliphatic rings. The maximum atomic E-state index is 11.4. The minimum Gasteiger partial charge on any atom is -0.468 e. The van der Waals surface area contributed by atoms with E-state index in [0.717, 1.165) is 6.54 Å². The highest BCUT2D eigenvalue weighted by Crippen LogP contribution is 2.25. The maximum Gasteiger partial charge on any atom is 0.322 e. The molecule has 82 valence electrons. The van der Waals surface area contributed by atoms with Gasteiger partial charge < -0.3 is 4.74 Å². The molecule has 0 aliphatic heterocycles. The predicted octanol–water partition coefficient (Wildman–Crippen LogP) is 1.81. The Morgan fingerprint density at radius 1 is 1.50 bits per heavy atom. The van der Waals surface area contributed by atoms with Gasteiger partial charge >= 0.3 is 5.97 Å². The third-order valence-corrected chi connectivity index (χ3v) is 3.20. The van der Waals surface area contributed by atoms with E-state index < -0.39 is 0 Å². The Balaban J connectivity index is 2.55. The first-order valence-corrected chi connectivity index (χ1v) is 5.54. The number of rotatable bonds is 4. The fourth-order valence-corrected chi connectivity index (χ4v) is 2.39.